The van der Waals surface area contributed by atoms with Crippen molar-refractivity contribution >= 4 is 17.5 Å². The predicted molar refractivity (Wildman–Crippen MR) is 111 cm³/mol. The van der Waals surface area contributed by atoms with E-state index < -0.39 is 17.3 Å². The summed E-state index contributed by atoms with van der Waals surface area (Å²) >= 11 is 0. The summed E-state index contributed by atoms with van der Waals surface area (Å²) in [6, 6.07) is 5.39. The van der Waals surface area contributed by atoms with Gasteiger partial charge in [0.25, 0.3) is 0 Å². The number of nitrogens with zero attached hydrogens (tertiary/aromatic N) is 3. The van der Waals surface area contributed by atoms with Crippen molar-refractivity contribution in [1.82, 2.24) is 10.2 Å². The fourth-order valence-corrected chi connectivity index (χ4v) is 4.83. The van der Waals surface area contributed by atoms with E-state index in [1.165, 1.54) is 13.2 Å². The summed E-state index contributed by atoms with van der Waals surface area (Å²) in [6.07, 6.45) is -3.19. The van der Waals surface area contributed by atoms with Gasteiger partial charge in [0, 0.05) is 46.0 Å². The Bertz CT molecular complexity index is 891. The number of amides is 2. The molecule has 0 aromatic heterocycles. The number of hydrogen-bond donors (Lipinski definition) is 1. The molecule has 7 nitrogen and oxygen atoms in total. The van der Waals surface area contributed by atoms with E-state index in [1.807, 2.05) is 4.90 Å². The topological polar surface area (TPSA) is 85.7 Å². The van der Waals surface area contributed by atoms with Crippen LogP contribution >= 0.6 is 0 Å². The van der Waals surface area contributed by atoms with E-state index in [2.05, 4.69) is 5.32 Å². The van der Waals surface area contributed by atoms with Crippen LogP contribution in [-0.4, -0.2) is 63.7 Å². The van der Waals surface area contributed by atoms with E-state index in [0.717, 1.165) is 6.07 Å². The van der Waals surface area contributed by atoms with Gasteiger partial charge in [-0.1, -0.05) is 0 Å². The Morgan fingerprint density at radius 3 is 2.50 bits per heavy atom. The molecule has 1 N–H and O–H groups in total. The molecule has 10 heteroatoms. The van der Waals surface area contributed by atoms with Crippen molar-refractivity contribution in [1.29, 1.82) is 5.26 Å². The van der Waals surface area contributed by atoms with Gasteiger partial charge >= 0.3 is 6.18 Å². The number of likely N-dealkylation sites (tertiary alicyclic amines) is 1. The van der Waals surface area contributed by atoms with Crippen molar-refractivity contribution in [2.24, 2.45) is 17.8 Å². The molecule has 1 aromatic rings. The van der Waals surface area contributed by atoms with E-state index in [4.69, 9.17) is 10.00 Å². The van der Waals surface area contributed by atoms with E-state index >= 15 is 0 Å². The van der Waals surface area contributed by atoms with Gasteiger partial charge in [0.2, 0.25) is 11.8 Å². The normalized spacial score (nSPS) is 22.0. The lowest BCUT2D eigenvalue weighted by molar-refractivity contribution is -0.138. The number of anilines is 1. The highest BCUT2D eigenvalue weighted by atomic mass is 19.4. The van der Waals surface area contributed by atoms with Crippen molar-refractivity contribution in [3.8, 4) is 6.07 Å². The summed E-state index contributed by atoms with van der Waals surface area (Å²) in [6.45, 7) is 1.86. The zero-order valence-electron chi connectivity index (χ0n) is 18.1. The zero-order chi connectivity index (χ0) is 23.5. The first kappa shape index (κ1) is 23.9. The maximum atomic E-state index is 13.3. The number of carbonyl (C=O) groups excluding carboxylic acids is 2. The Morgan fingerprint density at radius 2 is 1.94 bits per heavy atom. The summed E-state index contributed by atoms with van der Waals surface area (Å²) in [4.78, 5) is 28.3. The van der Waals surface area contributed by atoms with Crippen LogP contribution in [0.4, 0.5) is 18.9 Å². The van der Waals surface area contributed by atoms with Gasteiger partial charge in [-0.15, -0.1) is 0 Å². The largest absolute Gasteiger partial charge is 0.417 e. The highest BCUT2D eigenvalue weighted by molar-refractivity contribution is 5.82. The standard InChI is InChI=1S/C22H27F3N4O3/c1-27-21(31)18-12-29(20(30)13-32-2)11-17(18)14-5-7-28(8-6-14)16-4-3-15(10-26)19(9-16)22(23,24)25/h3-4,9,14,17-18H,5-8,11-13H2,1-2H3,(H,27,31)/t17-,18+/m0/s1. The fourth-order valence-electron chi connectivity index (χ4n) is 4.83. The van der Waals surface area contributed by atoms with Gasteiger partial charge in [0.15, 0.2) is 0 Å². The van der Waals surface area contributed by atoms with Gasteiger partial charge in [-0.3, -0.25) is 9.59 Å². The number of nitriles is 1. The number of ether oxygens (including phenoxy) is 1. The third kappa shape index (κ3) is 4.99. The second-order valence-corrected chi connectivity index (χ2v) is 8.28. The van der Waals surface area contributed by atoms with Crippen LogP contribution in [0.3, 0.4) is 0 Å². The van der Waals surface area contributed by atoms with Gasteiger partial charge in [-0.25, -0.2) is 0 Å². The lowest BCUT2D eigenvalue weighted by Crippen LogP contribution is -2.41. The number of alkyl halides is 3. The number of rotatable bonds is 5. The Morgan fingerprint density at radius 1 is 1.25 bits per heavy atom. The molecule has 0 radical (unpaired) electrons. The van der Waals surface area contributed by atoms with Crippen LogP contribution in [0, 0.1) is 29.1 Å². The quantitative estimate of drug-likeness (QED) is 0.741. The second kappa shape index (κ2) is 9.77. The molecule has 3 rings (SSSR count). The van der Waals surface area contributed by atoms with Crippen molar-refractivity contribution in [2.75, 3.05) is 51.8 Å². The molecular formula is C22H27F3N4O3. The smallest absolute Gasteiger partial charge is 0.375 e. The van der Waals surface area contributed by atoms with Crippen molar-refractivity contribution in [3.63, 3.8) is 0 Å². The summed E-state index contributed by atoms with van der Waals surface area (Å²) in [5, 5.41) is 11.7. The molecular weight excluding hydrogens is 425 g/mol. The van der Waals surface area contributed by atoms with Gasteiger partial charge in [-0.2, -0.15) is 18.4 Å². The van der Waals surface area contributed by atoms with E-state index in [1.54, 1.807) is 24.1 Å². The van der Waals surface area contributed by atoms with Crippen molar-refractivity contribution in [2.45, 2.75) is 19.0 Å². The minimum atomic E-state index is -4.60. The summed E-state index contributed by atoms with van der Waals surface area (Å²) in [5.41, 5.74) is -0.889. The van der Waals surface area contributed by atoms with Crippen LogP contribution in [0.5, 0.6) is 0 Å². The number of benzene rings is 1. The molecule has 2 saturated heterocycles. The lowest BCUT2D eigenvalue weighted by Gasteiger charge is -2.37. The molecule has 2 amide bonds. The number of methoxy groups -OCH3 is 1. The molecule has 0 aliphatic carbocycles. The number of halogens is 3. The highest BCUT2D eigenvalue weighted by Gasteiger charge is 2.43. The minimum absolute atomic E-state index is 0.00962. The van der Waals surface area contributed by atoms with E-state index in [0.29, 0.717) is 44.7 Å². The van der Waals surface area contributed by atoms with Gasteiger partial charge < -0.3 is 19.9 Å². The Balaban J connectivity index is 1.71. The van der Waals surface area contributed by atoms with Crippen LogP contribution in [0.25, 0.3) is 0 Å². The molecule has 2 atom stereocenters. The van der Waals surface area contributed by atoms with Crippen LogP contribution in [0.15, 0.2) is 18.2 Å². The summed E-state index contributed by atoms with van der Waals surface area (Å²) in [7, 11) is 3.02. The summed E-state index contributed by atoms with van der Waals surface area (Å²) < 4.78 is 44.9. The van der Waals surface area contributed by atoms with Gasteiger partial charge in [0.1, 0.15) is 6.61 Å². The maximum absolute atomic E-state index is 13.3. The number of nitrogens with one attached hydrogen (secondary N) is 1. The molecule has 0 unspecified atom stereocenters. The third-order valence-electron chi connectivity index (χ3n) is 6.51. The van der Waals surface area contributed by atoms with Crippen LogP contribution in [-0.2, 0) is 20.5 Å². The highest BCUT2D eigenvalue weighted by Crippen LogP contribution is 2.39. The second-order valence-electron chi connectivity index (χ2n) is 8.28. The summed E-state index contributed by atoms with van der Waals surface area (Å²) in [5.74, 6) is -0.409. The first-order valence-corrected chi connectivity index (χ1v) is 10.5. The molecule has 32 heavy (non-hydrogen) atoms. The van der Waals surface area contributed by atoms with E-state index in [9.17, 15) is 22.8 Å². The third-order valence-corrected chi connectivity index (χ3v) is 6.51. The average molecular weight is 452 g/mol. The first-order chi connectivity index (χ1) is 15.2. The zero-order valence-corrected chi connectivity index (χ0v) is 18.1. The van der Waals surface area contributed by atoms with Crippen LogP contribution in [0.1, 0.15) is 24.0 Å². The molecule has 0 spiro atoms. The fraction of sp³-hybridized carbons (Fsp3) is 0.591. The number of hydrogen-bond acceptors (Lipinski definition) is 5. The minimum Gasteiger partial charge on any atom is -0.375 e. The molecule has 2 aliphatic heterocycles. The Hall–Kier alpha value is -2.80. The predicted octanol–water partition coefficient (Wildman–Crippen LogP) is 2.26. The molecule has 2 fully saturated rings. The van der Waals surface area contributed by atoms with Crippen molar-refractivity contribution < 1.29 is 27.5 Å². The SMILES string of the molecule is CNC(=O)[C@@H]1CN(C(=O)COC)C[C@H]1C1CCN(c2ccc(C#N)c(C(F)(F)F)c2)CC1. The Labute approximate surface area is 185 Å². The van der Waals surface area contributed by atoms with Crippen LogP contribution < -0.4 is 10.2 Å². The lowest BCUT2D eigenvalue weighted by atomic mass is 9.78. The molecule has 0 bridgehead atoms. The van der Waals surface area contributed by atoms with Gasteiger partial charge in [0.05, 0.1) is 23.1 Å². The molecule has 0 saturated carbocycles. The number of piperidine rings is 1. The van der Waals surface area contributed by atoms with Crippen molar-refractivity contribution in [3.05, 3.63) is 29.3 Å². The van der Waals surface area contributed by atoms with Crippen LogP contribution in [0.2, 0.25) is 0 Å². The van der Waals surface area contributed by atoms with E-state index in [-0.39, 0.29) is 36.2 Å². The van der Waals surface area contributed by atoms with Gasteiger partial charge in [-0.05, 0) is 42.9 Å². The molecule has 2 aliphatic rings. The monoisotopic (exact) mass is 452 g/mol. The maximum Gasteiger partial charge on any atom is 0.417 e. The Kier molecular flexibility index (Phi) is 7.29. The number of carbonyl (C=O) groups is 2. The average Bonchev–Trinajstić information content (AvgIpc) is 3.23. The molecule has 1 aromatic carbocycles. The molecule has 174 valence electrons. The first-order valence-electron chi connectivity index (χ1n) is 10.5. The molecule has 2 heterocycles.